The van der Waals surface area contributed by atoms with Crippen molar-refractivity contribution in [1.82, 2.24) is 15.2 Å². The van der Waals surface area contributed by atoms with Crippen LogP contribution in [0.1, 0.15) is 5.56 Å². The largest absolute Gasteiger partial charge is 0.384 e. The smallest absolute Gasteiger partial charge is 0.248 e. The first kappa shape index (κ1) is 15.1. The second kappa shape index (κ2) is 5.89. The number of anilines is 4. The van der Waals surface area contributed by atoms with Gasteiger partial charge in [0.25, 0.3) is 0 Å². The Morgan fingerprint density at radius 3 is 2.62 bits per heavy atom. The SMILES string of the molecule is Nc1nc(Nc2cc(Cl)c(-c3ccc4c(c3)NCC4)c(Cl)c2)n[nH]1. The number of rotatable bonds is 3. The molecule has 0 bridgehead atoms. The molecule has 1 aliphatic heterocycles. The minimum atomic E-state index is 0.233. The van der Waals surface area contributed by atoms with E-state index in [2.05, 4.69) is 37.9 Å². The maximum Gasteiger partial charge on any atom is 0.248 e. The van der Waals surface area contributed by atoms with Gasteiger partial charge in [0.05, 0.1) is 10.0 Å². The van der Waals surface area contributed by atoms with Crippen molar-refractivity contribution in [3.8, 4) is 11.1 Å². The Kier molecular flexibility index (Phi) is 3.70. The van der Waals surface area contributed by atoms with Gasteiger partial charge in [-0.15, -0.1) is 5.10 Å². The number of aromatic nitrogens is 3. The summed E-state index contributed by atoms with van der Waals surface area (Å²) in [6.45, 7) is 0.961. The molecule has 3 aromatic rings. The molecule has 1 aromatic heterocycles. The minimum Gasteiger partial charge on any atom is -0.384 e. The maximum atomic E-state index is 6.47. The molecule has 0 aliphatic carbocycles. The number of nitrogens with two attached hydrogens (primary N) is 1. The fraction of sp³-hybridized carbons (Fsp3) is 0.125. The summed E-state index contributed by atoms with van der Waals surface area (Å²) < 4.78 is 0. The van der Waals surface area contributed by atoms with Crippen molar-refractivity contribution in [3.05, 3.63) is 45.9 Å². The lowest BCUT2D eigenvalue weighted by Gasteiger charge is -2.12. The number of benzene rings is 2. The predicted molar refractivity (Wildman–Crippen MR) is 98.2 cm³/mol. The number of hydrogen-bond donors (Lipinski definition) is 4. The van der Waals surface area contributed by atoms with E-state index >= 15 is 0 Å². The van der Waals surface area contributed by atoms with E-state index in [1.165, 1.54) is 5.56 Å². The second-order valence-corrected chi connectivity index (χ2v) is 6.35. The number of nitrogens with zero attached hydrogens (tertiary/aromatic N) is 2. The van der Waals surface area contributed by atoms with Crippen LogP contribution in [0, 0.1) is 0 Å². The zero-order valence-electron chi connectivity index (χ0n) is 12.5. The summed E-state index contributed by atoms with van der Waals surface area (Å²) in [6, 6.07) is 9.81. The van der Waals surface area contributed by atoms with Crippen LogP contribution in [0.15, 0.2) is 30.3 Å². The van der Waals surface area contributed by atoms with Crippen molar-refractivity contribution in [2.24, 2.45) is 0 Å². The van der Waals surface area contributed by atoms with Crippen molar-refractivity contribution < 1.29 is 0 Å². The summed E-state index contributed by atoms with van der Waals surface area (Å²) in [5, 5.41) is 14.0. The molecule has 2 heterocycles. The first-order valence-corrected chi connectivity index (χ1v) is 8.17. The van der Waals surface area contributed by atoms with Crippen molar-refractivity contribution in [2.45, 2.75) is 6.42 Å². The fourth-order valence-corrected chi connectivity index (χ4v) is 3.53. The number of hydrogen-bond acceptors (Lipinski definition) is 5. The van der Waals surface area contributed by atoms with Gasteiger partial charge in [-0.2, -0.15) is 4.98 Å². The van der Waals surface area contributed by atoms with Crippen LogP contribution in [0.3, 0.4) is 0 Å². The highest BCUT2D eigenvalue weighted by atomic mass is 35.5. The fourth-order valence-electron chi connectivity index (χ4n) is 2.83. The number of aromatic amines is 1. The topological polar surface area (TPSA) is 91.7 Å². The molecule has 24 heavy (non-hydrogen) atoms. The van der Waals surface area contributed by atoms with Gasteiger partial charge >= 0.3 is 0 Å². The predicted octanol–water partition coefficient (Wildman–Crippen LogP) is 4.07. The first-order valence-electron chi connectivity index (χ1n) is 7.41. The average molecular weight is 361 g/mol. The minimum absolute atomic E-state index is 0.233. The van der Waals surface area contributed by atoms with E-state index in [1.54, 1.807) is 12.1 Å². The van der Waals surface area contributed by atoms with E-state index < -0.39 is 0 Å². The van der Waals surface area contributed by atoms with Gasteiger partial charge in [0.15, 0.2) is 0 Å². The van der Waals surface area contributed by atoms with Crippen LogP contribution >= 0.6 is 23.2 Å². The third-order valence-corrected chi connectivity index (χ3v) is 4.51. The standard InChI is InChI=1S/C16H14Cl2N6/c17-11-6-10(21-16-22-15(19)23-24-16)7-12(18)14(11)9-2-1-8-3-4-20-13(8)5-9/h1-2,5-7,20H,3-4H2,(H4,19,21,22,23,24). The molecule has 0 saturated carbocycles. The quantitative estimate of drug-likeness (QED) is 0.564. The van der Waals surface area contributed by atoms with Gasteiger partial charge in [-0.3, -0.25) is 0 Å². The second-order valence-electron chi connectivity index (χ2n) is 5.53. The molecule has 4 rings (SSSR count). The van der Waals surface area contributed by atoms with E-state index in [1.807, 2.05) is 6.07 Å². The average Bonchev–Trinajstić information content (AvgIpc) is 3.15. The molecule has 122 valence electrons. The van der Waals surface area contributed by atoms with E-state index in [0.29, 0.717) is 21.7 Å². The van der Waals surface area contributed by atoms with E-state index in [9.17, 15) is 0 Å². The lowest BCUT2D eigenvalue weighted by molar-refractivity contribution is 1.10. The molecule has 0 radical (unpaired) electrons. The summed E-state index contributed by atoms with van der Waals surface area (Å²) in [7, 11) is 0. The molecule has 0 atom stereocenters. The lowest BCUT2D eigenvalue weighted by Crippen LogP contribution is -1.94. The number of H-pyrrole nitrogens is 1. The summed E-state index contributed by atoms with van der Waals surface area (Å²) in [5.74, 6) is 0.589. The van der Waals surface area contributed by atoms with E-state index in [4.69, 9.17) is 28.9 Å². The summed E-state index contributed by atoms with van der Waals surface area (Å²) in [6.07, 6.45) is 1.04. The summed E-state index contributed by atoms with van der Waals surface area (Å²) in [5.41, 5.74) is 10.4. The number of halogens is 2. The monoisotopic (exact) mass is 360 g/mol. The van der Waals surface area contributed by atoms with Crippen molar-refractivity contribution in [2.75, 3.05) is 22.9 Å². The lowest BCUT2D eigenvalue weighted by atomic mass is 10.0. The third-order valence-electron chi connectivity index (χ3n) is 3.91. The van der Waals surface area contributed by atoms with Gasteiger partial charge in [0.2, 0.25) is 11.9 Å². The van der Waals surface area contributed by atoms with Crippen LogP contribution in [-0.2, 0) is 6.42 Å². The molecule has 0 saturated heterocycles. The van der Waals surface area contributed by atoms with E-state index in [-0.39, 0.29) is 5.95 Å². The van der Waals surface area contributed by atoms with Gasteiger partial charge in [0, 0.05) is 23.5 Å². The van der Waals surface area contributed by atoms with Crippen molar-refractivity contribution in [1.29, 1.82) is 0 Å². The Bertz CT molecular complexity index is 898. The Morgan fingerprint density at radius 2 is 1.92 bits per heavy atom. The molecule has 6 nitrogen and oxygen atoms in total. The summed E-state index contributed by atoms with van der Waals surface area (Å²) >= 11 is 12.9. The molecule has 8 heteroatoms. The highest BCUT2D eigenvalue weighted by Gasteiger charge is 2.15. The van der Waals surface area contributed by atoms with Crippen LogP contribution in [0.5, 0.6) is 0 Å². The molecule has 2 aromatic carbocycles. The Hall–Kier alpha value is -2.44. The zero-order valence-corrected chi connectivity index (χ0v) is 14.0. The van der Waals surface area contributed by atoms with Crippen LogP contribution in [0.25, 0.3) is 11.1 Å². The van der Waals surface area contributed by atoms with E-state index in [0.717, 1.165) is 29.8 Å². The van der Waals surface area contributed by atoms with Gasteiger partial charge in [-0.1, -0.05) is 35.3 Å². The summed E-state index contributed by atoms with van der Waals surface area (Å²) in [4.78, 5) is 3.99. The van der Waals surface area contributed by atoms with Gasteiger partial charge < -0.3 is 16.4 Å². The van der Waals surface area contributed by atoms with Crippen molar-refractivity contribution in [3.63, 3.8) is 0 Å². The van der Waals surface area contributed by atoms with Crippen LogP contribution in [0.2, 0.25) is 10.0 Å². The van der Waals surface area contributed by atoms with Crippen LogP contribution in [0.4, 0.5) is 23.3 Å². The molecule has 1 aliphatic rings. The first-order chi connectivity index (χ1) is 11.6. The van der Waals surface area contributed by atoms with Gasteiger partial charge in [-0.25, -0.2) is 5.10 Å². The Morgan fingerprint density at radius 1 is 1.12 bits per heavy atom. The van der Waals surface area contributed by atoms with Gasteiger partial charge in [0.1, 0.15) is 0 Å². The number of fused-ring (bicyclic) bond motifs is 1. The van der Waals surface area contributed by atoms with Crippen molar-refractivity contribution >= 4 is 46.5 Å². The molecular weight excluding hydrogens is 347 g/mol. The highest BCUT2D eigenvalue weighted by molar-refractivity contribution is 6.39. The normalized spacial score (nSPS) is 12.8. The molecular formula is C16H14Cl2N6. The highest BCUT2D eigenvalue weighted by Crippen LogP contribution is 2.39. The maximum absolute atomic E-state index is 6.47. The Labute approximate surface area is 148 Å². The zero-order chi connectivity index (χ0) is 16.7. The molecule has 0 spiro atoms. The van der Waals surface area contributed by atoms with Crippen LogP contribution in [-0.4, -0.2) is 21.7 Å². The van der Waals surface area contributed by atoms with Crippen LogP contribution < -0.4 is 16.4 Å². The Balaban J connectivity index is 1.69. The molecule has 0 amide bonds. The number of nitrogens with one attached hydrogen (secondary N) is 3. The molecule has 0 fully saturated rings. The third kappa shape index (κ3) is 2.74. The number of nitrogen functional groups attached to an aromatic ring is 1. The molecule has 0 unspecified atom stereocenters. The molecule has 5 N–H and O–H groups in total. The van der Waals surface area contributed by atoms with Gasteiger partial charge in [-0.05, 0) is 35.7 Å².